The maximum atomic E-state index is 12.5. The molecule has 0 aliphatic carbocycles. The van der Waals surface area contributed by atoms with Gasteiger partial charge in [-0.2, -0.15) is 5.26 Å². The number of nitriles is 1. The fourth-order valence-electron chi connectivity index (χ4n) is 2.84. The number of hydrogen-bond donors (Lipinski definition) is 1. The van der Waals surface area contributed by atoms with Crippen LogP contribution in [0.4, 0.5) is 5.69 Å². The number of hydrogen-bond acceptors (Lipinski definition) is 3. The van der Waals surface area contributed by atoms with E-state index in [9.17, 15) is 4.79 Å². The average Bonchev–Trinajstić information content (AvgIpc) is 2.67. The molecule has 0 aliphatic rings. The van der Waals surface area contributed by atoms with Crippen LogP contribution in [0.2, 0.25) is 0 Å². The highest BCUT2D eigenvalue weighted by molar-refractivity contribution is 5.94. The predicted octanol–water partition coefficient (Wildman–Crippen LogP) is 4.17. The summed E-state index contributed by atoms with van der Waals surface area (Å²) in [5.41, 5.74) is 2.44. The summed E-state index contributed by atoms with van der Waals surface area (Å²) in [5.74, 6) is -0.0713. The number of amides is 1. The van der Waals surface area contributed by atoms with Gasteiger partial charge in [0, 0.05) is 12.2 Å². The third kappa shape index (κ3) is 4.08. The van der Waals surface area contributed by atoms with Gasteiger partial charge in [0.2, 0.25) is 5.91 Å². The molecule has 0 heterocycles. The molecular weight excluding hydrogens is 322 g/mol. The molecule has 0 radical (unpaired) electrons. The molecule has 3 aromatic rings. The van der Waals surface area contributed by atoms with Crippen LogP contribution in [0.15, 0.2) is 66.7 Å². The second-order valence-electron chi connectivity index (χ2n) is 6.45. The van der Waals surface area contributed by atoms with Gasteiger partial charge in [-0.1, -0.05) is 36.4 Å². The molecule has 4 heteroatoms. The van der Waals surface area contributed by atoms with Crippen LogP contribution in [-0.2, 0) is 11.3 Å². The first kappa shape index (κ1) is 17.7. The largest absolute Gasteiger partial charge is 0.325 e. The van der Waals surface area contributed by atoms with Crippen molar-refractivity contribution >= 4 is 22.4 Å². The molecule has 3 aromatic carbocycles. The van der Waals surface area contributed by atoms with Crippen molar-refractivity contribution in [1.82, 2.24) is 4.90 Å². The molecule has 0 saturated heterocycles. The van der Waals surface area contributed by atoms with E-state index in [1.165, 1.54) is 16.3 Å². The highest BCUT2D eigenvalue weighted by Crippen LogP contribution is 2.17. The molecule has 0 fully saturated rings. The zero-order chi connectivity index (χ0) is 18.5. The van der Waals surface area contributed by atoms with Crippen molar-refractivity contribution in [2.45, 2.75) is 19.5 Å². The second kappa shape index (κ2) is 7.81. The predicted molar refractivity (Wildman–Crippen MR) is 105 cm³/mol. The highest BCUT2D eigenvalue weighted by atomic mass is 16.2. The number of anilines is 1. The molecule has 1 unspecified atom stereocenters. The summed E-state index contributed by atoms with van der Waals surface area (Å²) >= 11 is 0. The van der Waals surface area contributed by atoms with Crippen LogP contribution < -0.4 is 5.32 Å². The van der Waals surface area contributed by atoms with Gasteiger partial charge in [0.05, 0.1) is 17.7 Å². The van der Waals surface area contributed by atoms with Gasteiger partial charge < -0.3 is 5.32 Å². The molecule has 4 nitrogen and oxygen atoms in total. The maximum absolute atomic E-state index is 12.5. The number of nitrogens with zero attached hydrogens (tertiary/aromatic N) is 2. The Morgan fingerprint density at radius 2 is 1.77 bits per heavy atom. The monoisotopic (exact) mass is 343 g/mol. The lowest BCUT2D eigenvalue weighted by Gasteiger charge is -2.24. The number of carbonyl (C=O) groups is 1. The summed E-state index contributed by atoms with van der Waals surface area (Å²) < 4.78 is 0. The van der Waals surface area contributed by atoms with Crippen LogP contribution in [0.3, 0.4) is 0 Å². The zero-order valence-corrected chi connectivity index (χ0v) is 14.9. The highest BCUT2D eigenvalue weighted by Gasteiger charge is 2.18. The van der Waals surface area contributed by atoms with E-state index in [0.29, 0.717) is 17.8 Å². The Kier molecular flexibility index (Phi) is 5.31. The van der Waals surface area contributed by atoms with Crippen molar-refractivity contribution in [1.29, 1.82) is 5.26 Å². The van der Waals surface area contributed by atoms with Crippen LogP contribution in [0.25, 0.3) is 10.8 Å². The number of carbonyl (C=O) groups excluding carboxylic acids is 1. The molecule has 0 bridgehead atoms. The molecule has 0 aliphatic heterocycles. The van der Waals surface area contributed by atoms with Gasteiger partial charge in [-0.05, 0) is 60.6 Å². The maximum Gasteiger partial charge on any atom is 0.241 e. The standard InChI is InChI=1S/C22H21N3O/c1-16(22(26)24-21-11-8-17(14-23)9-12-21)25(2)15-18-7-10-19-5-3-4-6-20(19)13-18/h3-13,16H,15H2,1-2H3,(H,24,26). The zero-order valence-electron chi connectivity index (χ0n) is 14.9. The first-order valence-corrected chi connectivity index (χ1v) is 8.56. The Labute approximate surface area is 153 Å². The van der Waals surface area contributed by atoms with Crippen molar-refractivity contribution in [3.63, 3.8) is 0 Å². The third-order valence-corrected chi connectivity index (χ3v) is 4.57. The Bertz CT molecular complexity index is 957. The van der Waals surface area contributed by atoms with E-state index < -0.39 is 0 Å². The van der Waals surface area contributed by atoms with E-state index >= 15 is 0 Å². The van der Waals surface area contributed by atoms with Crippen LogP contribution in [0, 0.1) is 11.3 Å². The Hall–Kier alpha value is -3.16. The molecule has 26 heavy (non-hydrogen) atoms. The van der Waals surface area contributed by atoms with Gasteiger partial charge >= 0.3 is 0 Å². The molecule has 0 spiro atoms. The van der Waals surface area contributed by atoms with Gasteiger partial charge in [-0.15, -0.1) is 0 Å². The lowest BCUT2D eigenvalue weighted by atomic mass is 10.1. The van der Waals surface area contributed by atoms with Crippen molar-refractivity contribution in [3.8, 4) is 6.07 Å². The van der Waals surface area contributed by atoms with Crippen molar-refractivity contribution in [3.05, 3.63) is 77.9 Å². The minimum atomic E-state index is -0.280. The molecule has 3 rings (SSSR count). The first-order chi connectivity index (χ1) is 12.6. The molecular formula is C22H21N3O. The van der Waals surface area contributed by atoms with E-state index in [1.807, 2.05) is 31.0 Å². The van der Waals surface area contributed by atoms with Gasteiger partial charge in [-0.3, -0.25) is 9.69 Å². The number of rotatable bonds is 5. The third-order valence-electron chi connectivity index (χ3n) is 4.57. The Balaban J connectivity index is 1.64. The molecule has 0 aromatic heterocycles. The molecule has 0 saturated carbocycles. The number of fused-ring (bicyclic) bond motifs is 1. The summed E-state index contributed by atoms with van der Waals surface area (Å²) in [6.45, 7) is 2.58. The lowest BCUT2D eigenvalue weighted by molar-refractivity contribution is -0.120. The summed E-state index contributed by atoms with van der Waals surface area (Å²) in [6, 6.07) is 23.3. The van der Waals surface area contributed by atoms with Crippen LogP contribution in [0.5, 0.6) is 0 Å². The smallest absolute Gasteiger partial charge is 0.241 e. The summed E-state index contributed by atoms with van der Waals surface area (Å²) in [7, 11) is 1.94. The summed E-state index contributed by atoms with van der Waals surface area (Å²) in [4.78, 5) is 14.5. The van der Waals surface area contributed by atoms with Crippen molar-refractivity contribution < 1.29 is 4.79 Å². The number of likely N-dealkylation sites (N-methyl/N-ethyl adjacent to an activating group) is 1. The van der Waals surface area contributed by atoms with Crippen LogP contribution in [0.1, 0.15) is 18.1 Å². The van der Waals surface area contributed by atoms with Gasteiger partial charge in [-0.25, -0.2) is 0 Å². The second-order valence-corrected chi connectivity index (χ2v) is 6.45. The van der Waals surface area contributed by atoms with Crippen molar-refractivity contribution in [2.75, 3.05) is 12.4 Å². The molecule has 1 N–H and O–H groups in total. The van der Waals surface area contributed by atoms with Crippen molar-refractivity contribution in [2.24, 2.45) is 0 Å². The quantitative estimate of drug-likeness (QED) is 0.756. The summed E-state index contributed by atoms with van der Waals surface area (Å²) in [5, 5.41) is 14.1. The molecule has 1 amide bonds. The fourth-order valence-corrected chi connectivity index (χ4v) is 2.84. The van der Waals surface area contributed by atoms with Gasteiger partial charge in [0.1, 0.15) is 0 Å². The van der Waals surface area contributed by atoms with E-state index in [0.717, 1.165) is 0 Å². The van der Waals surface area contributed by atoms with Gasteiger partial charge in [0.15, 0.2) is 0 Å². The normalized spacial score (nSPS) is 11.9. The average molecular weight is 343 g/mol. The number of benzene rings is 3. The lowest BCUT2D eigenvalue weighted by Crippen LogP contribution is -2.39. The topological polar surface area (TPSA) is 56.1 Å². The molecule has 130 valence electrons. The van der Waals surface area contributed by atoms with Crippen LogP contribution >= 0.6 is 0 Å². The van der Waals surface area contributed by atoms with E-state index in [4.69, 9.17) is 5.26 Å². The Morgan fingerprint density at radius 3 is 2.46 bits per heavy atom. The minimum Gasteiger partial charge on any atom is -0.325 e. The number of nitrogens with one attached hydrogen (secondary N) is 1. The first-order valence-electron chi connectivity index (χ1n) is 8.56. The summed E-state index contributed by atoms with van der Waals surface area (Å²) in [6.07, 6.45) is 0. The minimum absolute atomic E-state index is 0.0713. The van der Waals surface area contributed by atoms with E-state index in [1.54, 1.807) is 24.3 Å². The SMILES string of the molecule is CC(C(=O)Nc1ccc(C#N)cc1)N(C)Cc1ccc2ccccc2c1. The van der Waals surface area contributed by atoms with E-state index in [-0.39, 0.29) is 11.9 Å². The fraction of sp³-hybridized carbons (Fsp3) is 0.182. The van der Waals surface area contributed by atoms with Gasteiger partial charge in [0.25, 0.3) is 0 Å². The van der Waals surface area contributed by atoms with E-state index in [2.05, 4.69) is 41.7 Å². The Morgan fingerprint density at radius 1 is 1.08 bits per heavy atom. The van der Waals surface area contributed by atoms with Crippen LogP contribution in [-0.4, -0.2) is 23.9 Å². The molecule has 1 atom stereocenters.